The summed E-state index contributed by atoms with van der Waals surface area (Å²) in [5, 5.41) is 3.38. The molecule has 0 aliphatic heterocycles. The van der Waals surface area contributed by atoms with Gasteiger partial charge in [-0.25, -0.2) is 4.39 Å². The van der Waals surface area contributed by atoms with Gasteiger partial charge in [0.15, 0.2) is 0 Å². The Morgan fingerprint density at radius 1 is 0.679 bits per heavy atom. The molecule has 3 aromatic carbocycles. The molecule has 0 spiro atoms. The molecule has 0 saturated heterocycles. The maximum Gasteiger partial charge on any atom is 0.221 e. The fourth-order valence-electron chi connectivity index (χ4n) is 4.10. The molecule has 2 unspecified atom stereocenters. The number of hydrogen-bond donors (Lipinski definition) is 0. The highest BCUT2D eigenvalue weighted by atomic mass is 31.2. The molecular formula is C26H31FP+. The lowest BCUT2D eigenvalue weighted by Gasteiger charge is -2.33. The molecule has 0 saturated carbocycles. The van der Waals surface area contributed by atoms with Crippen molar-refractivity contribution in [3.05, 3.63) is 91.0 Å². The number of hydrogen-bond acceptors (Lipinski definition) is 0. The zero-order chi connectivity index (χ0) is 19.8. The van der Waals surface area contributed by atoms with Gasteiger partial charge in [0.25, 0.3) is 0 Å². The maximum absolute atomic E-state index is 16.6. The van der Waals surface area contributed by atoms with Gasteiger partial charge in [-0.05, 0) is 42.8 Å². The minimum Gasteiger partial charge on any atom is -0.201 e. The van der Waals surface area contributed by atoms with Crippen molar-refractivity contribution in [1.29, 1.82) is 0 Å². The van der Waals surface area contributed by atoms with Crippen molar-refractivity contribution in [2.75, 3.05) is 0 Å². The lowest BCUT2D eigenvalue weighted by atomic mass is 10.0. The first-order valence-corrected chi connectivity index (χ1v) is 12.3. The fourth-order valence-corrected chi connectivity index (χ4v) is 8.69. The number of unbranched alkanes of at least 4 members (excludes halogenated alkanes) is 2. The molecule has 0 radical (unpaired) electrons. The van der Waals surface area contributed by atoms with Gasteiger partial charge in [-0.15, -0.1) is 0 Å². The van der Waals surface area contributed by atoms with E-state index in [-0.39, 0.29) is 5.92 Å². The van der Waals surface area contributed by atoms with Crippen LogP contribution >= 0.6 is 7.26 Å². The van der Waals surface area contributed by atoms with E-state index in [9.17, 15) is 0 Å². The van der Waals surface area contributed by atoms with Crippen molar-refractivity contribution in [2.45, 2.75) is 45.4 Å². The summed E-state index contributed by atoms with van der Waals surface area (Å²) in [4.78, 5) is 0. The van der Waals surface area contributed by atoms with Crippen LogP contribution in [0, 0.1) is 5.92 Å². The van der Waals surface area contributed by atoms with E-state index in [4.69, 9.17) is 0 Å². The van der Waals surface area contributed by atoms with Crippen LogP contribution in [0.15, 0.2) is 91.0 Å². The second-order valence-electron chi connectivity index (χ2n) is 7.58. The van der Waals surface area contributed by atoms with Gasteiger partial charge in [0.2, 0.25) is 5.91 Å². The normalized spacial score (nSPS) is 13.8. The summed E-state index contributed by atoms with van der Waals surface area (Å²) in [6.45, 7) is 4.30. The molecule has 3 rings (SSSR count). The van der Waals surface area contributed by atoms with E-state index in [1.54, 1.807) is 0 Å². The minimum atomic E-state index is -2.42. The quantitative estimate of drug-likeness (QED) is 0.288. The topological polar surface area (TPSA) is 0 Å². The van der Waals surface area contributed by atoms with Crippen molar-refractivity contribution in [3.8, 4) is 0 Å². The third-order valence-electron chi connectivity index (χ3n) is 5.59. The molecule has 0 aromatic heterocycles. The first-order valence-electron chi connectivity index (χ1n) is 10.4. The summed E-state index contributed by atoms with van der Waals surface area (Å²) in [6, 6.07) is 31.1. The van der Waals surface area contributed by atoms with Gasteiger partial charge >= 0.3 is 0 Å². The van der Waals surface area contributed by atoms with E-state index >= 15 is 4.39 Å². The molecule has 0 bridgehead atoms. The van der Waals surface area contributed by atoms with E-state index in [1.807, 2.05) is 54.6 Å². The Hall–Kier alpha value is -1.98. The van der Waals surface area contributed by atoms with Gasteiger partial charge in [0.05, 0.1) is 0 Å². The molecule has 146 valence electrons. The Morgan fingerprint density at radius 2 is 1.07 bits per heavy atom. The lowest BCUT2D eigenvalue weighted by molar-refractivity contribution is 0.315. The first-order chi connectivity index (χ1) is 13.7. The number of benzene rings is 3. The number of rotatable bonds is 9. The average molecular weight is 394 g/mol. The molecule has 0 amide bonds. The zero-order valence-electron chi connectivity index (χ0n) is 17.0. The van der Waals surface area contributed by atoms with Crippen LogP contribution in [0.2, 0.25) is 0 Å². The molecule has 0 nitrogen and oxygen atoms in total. The summed E-state index contributed by atoms with van der Waals surface area (Å²) < 4.78 is 16.6. The highest BCUT2D eigenvalue weighted by molar-refractivity contribution is 7.96. The third kappa shape index (κ3) is 4.20. The van der Waals surface area contributed by atoms with Crippen molar-refractivity contribution in [3.63, 3.8) is 0 Å². The molecule has 0 aliphatic carbocycles. The van der Waals surface area contributed by atoms with E-state index in [2.05, 4.69) is 50.2 Å². The summed E-state index contributed by atoms with van der Waals surface area (Å²) >= 11 is 0. The Balaban J connectivity index is 2.19. The number of alkyl halides is 1. The van der Waals surface area contributed by atoms with Gasteiger partial charge < -0.3 is 0 Å². The molecule has 0 heterocycles. The SMILES string of the molecule is CCCCCC(C)C(F)[P+](c1ccccc1)(c1ccccc1)c1ccccc1. The van der Waals surface area contributed by atoms with E-state index in [0.717, 1.165) is 28.8 Å². The average Bonchev–Trinajstić information content (AvgIpc) is 2.76. The molecule has 2 atom stereocenters. The van der Waals surface area contributed by atoms with Crippen LogP contribution in [-0.2, 0) is 0 Å². The third-order valence-corrected chi connectivity index (χ3v) is 10.2. The second-order valence-corrected chi connectivity index (χ2v) is 11.1. The standard InChI is InChI=1S/C26H31FP/c1-3-4-8-15-22(2)26(27)28(23-16-9-5-10-17-23,24-18-11-6-12-19-24)25-20-13-7-14-21-25/h5-7,9-14,16-22,26H,3-4,8,15H2,1-2H3/q+1. The molecule has 0 N–H and O–H groups in total. The zero-order valence-corrected chi connectivity index (χ0v) is 17.9. The van der Waals surface area contributed by atoms with Crippen LogP contribution in [0.1, 0.15) is 39.5 Å². The second kappa shape index (κ2) is 9.99. The predicted molar refractivity (Wildman–Crippen MR) is 123 cm³/mol. The molecular weight excluding hydrogens is 362 g/mol. The minimum absolute atomic E-state index is 0.0144. The molecule has 2 heteroatoms. The van der Waals surface area contributed by atoms with Gasteiger partial charge in [-0.2, -0.15) is 0 Å². The Bertz CT molecular complexity index is 720. The van der Waals surface area contributed by atoms with Gasteiger partial charge in [-0.3, -0.25) is 0 Å². The Kier molecular flexibility index (Phi) is 7.40. The molecule has 0 fully saturated rings. The van der Waals surface area contributed by atoms with Crippen LogP contribution in [0.25, 0.3) is 0 Å². The monoisotopic (exact) mass is 393 g/mol. The lowest BCUT2D eigenvalue weighted by Crippen LogP contribution is -2.39. The fraction of sp³-hybridized carbons (Fsp3) is 0.308. The van der Waals surface area contributed by atoms with Crippen molar-refractivity contribution in [1.82, 2.24) is 0 Å². The predicted octanol–water partition coefficient (Wildman–Crippen LogP) is 6.49. The summed E-state index contributed by atoms with van der Waals surface area (Å²) in [5.74, 6) is -0.892. The summed E-state index contributed by atoms with van der Waals surface area (Å²) in [7, 11) is -2.42. The Labute approximate surface area is 170 Å². The van der Waals surface area contributed by atoms with E-state index < -0.39 is 13.2 Å². The van der Waals surface area contributed by atoms with Crippen molar-refractivity contribution < 1.29 is 4.39 Å². The van der Waals surface area contributed by atoms with Crippen LogP contribution in [0.3, 0.4) is 0 Å². The highest BCUT2D eigenvalue weighted by Crippen LogP contribution is 2.62. The van der Waals surface area contributed by atoms with Gasteiger partial charge in [0.1, 0.15) is 23.2 Å². The van der Waals surface area contributed by atoms with Crippen LogP contribution in [0.5, 0.6) is 0 Å². The van der Waals surface area contributed by atoms with Gasteiger partial charge in [-0.1, -0.05) is 87.7 Å². The first kappa shape index (κ1) is 20.7. The molecule has 0 aliphatic rings. The Morgan fingerprint density at radius 3 is 1.43 bits per heavy atom. The molecule has 3 aromatic rings. The van der Waals surface area contributed by atoms with Crippen LogP contribution < -0.4 is 15.9 Å². The maximum atomic E-state index is 16.6. The van der Waals surface area contributed by atoms with Crippen LogP contribution in [-0.4, -0.2) is 5.91 Å². The highest BCUT2D eigenvalue weighted by Gasteiger charge is 2.54. The summed E-state index contributed by atoms with van der Waals surface area (Å²) in [5.41, 5.74) is 0. The smallest absolute Gasteiger partial charge is 0.201 e. The van der Waals surface area contributed by atoms with Crippen molar-refractivity contribution in [2.24, 2.45) is 5.92 Å². The number of halogens is 1. The largest absolute Gasteiger partial charge is 0.221 e. The van der Waals surface area contributed by atoms with Gasteiger partial charge in [0, 0.05) is 5.92 Å². The van der Waals surface area contributed by atoms with Crippen molar-refractivity contribution >= 4 is 23.2 Å². The van der Waals surface area contributed by atoms with Crippen LogP contribution in [0.4, 0.5) is 4.39 Å². The van der Waals surface area contributed by atoms with E-state index in [0.29, 0.717) is 0 Å². The summed E-state index contributed by atoms with van der Waals surface area (Å²) in [6.07, 6.45) is 4.37. The van der Waals surface area contributed by atoms with E-state index in [1.165, 1.54) is 12.8 Å². The molecule has 28 heavy (non-hydrogen) atoms.